The molecular formula is C11H17N3S. The van der Waals surface area contributed by atoms with Crippen LogP contribution in [-0.4, -0.2) is 28.9 Å². The van der Waals surface area contributed by atoms with Gasteiger partial charge in [0.15, 0.2) is 5.17 Å². The van der Waals surface area contributed by atoms with E-state index in [1.807, 2.05) is 12.4 Å². The highest BCUT2D eigenvalue weighted by atomic mass is 32.2. The van der Waals surface area contributed by atoms with E-state index in [1.54, 1.807) is 11.8 Å². The smallest absolute Gasteiger partial charge is 0.208 e. The summed E-state index contributed by atoms with van der Waals surface area (Å²) in [5.41, 5.74) is 0. The van der Waals surface area contributed by atoms with E-state index in [1.165, 1.54) is 32.1 Å². The summed E-state index contributed by atoms with van der Waals surface area (Å²) in [6, 6.07) is 0.665. The second kappa shape index (κ2) is 4.89. The molecule has 0 radical (unpaired) electrons. The first-order valence-electron chi connectivity index (χ1n) is 5.64. The normalized spacial score (nSPS) is 31.2. The molecule has 1 aliphatic heterocycles. The molecule has 0 aromatic heterocycles. The van der Waals surface area contributed by atoms with E-state index in [-0.39, 0.29) is 0 Å². The molecule has 2 unspecified atom stereocenters. The van der Waals surface area contributed by atoms with Crippen LogP contribution in [0.5, 0.6) is 0 Å². The summed E-state index contributed by atoms with van der Waals surface area (Å²) in [6.45, 7) is 1.09. The topological polar surface area (TPSA) is 39.4 Å². The van der Waals surface area contributed by atoms with E-state index < -0.39 is 0 Å². The van der Waals surface area contributed by atoms with Gasteiger partial charge >= 0.3 is 0 Å². The number of piperidine rings is 1. The van der Waals surface area contributed by atoms with Crippen molar-refractivity contribution in [1.29, 1.82) is 5.26 Å². The number of likely N-dealkylation sites (tertiary alicyclic amines) is 1. The molecule has 1 aliphatic carbocycles. The van der Waals surface area contributed by atoms with Gasteiger partial charge in [0.25, 0.3) is 0 Å². The Hall–Kier alpha value is -0.690. The Morgan fingerprint density at radius 1 is 1.40 bits per heavy atom. The maximum absolute atomic E-state index is 8.66. The van der Waals surface area contributed by atoms with Crippen LogP contribution in [-0.2, 0) is 0 Å². The number of hydrogen-bond acceptors (Lipinski definition) is 3. The van der Waals surface area contributed by atoms with Gasteiger partial charge in [-0.2, -0.15) is 5.26 Å². The van der Waals surface area contributed by atoms with Gasteiger partial charge in [0.2, 0.25) is 6.19 Å². The number of nitrogens with zero attached hydrogens (tertiary/aromatic N) is 3. The lowest BCUT2D eigenvalue weighted by Crippen LogP contribution is -2.45. The molecule has 0 amide bonds. The molecule has 2 rings (SSSR count). The largest absolute Gasteiger partial charge is 0.347 e. The maximum Gasteiger partial charge on any atom is 0.208 e. The standard InChI is InChI=1S/C11H17N3S/c1-15-11(13-8-12)14-7-3-5-9-4-2-6-10(9)14/h9-10H,2-7H2,1H3. The zero-order chi connectivity index (χ0) is 10.7. The first-order valence-corrected chi connectivity index (χ1v) is 6.86. The van der Waals surface area contributed by atoms with Crippen molar-refractivity contribution in [2.24, 2.45) is 10.9 Å². The molecule has 1 saturated heterocycles. The van der Waals surface area contributed by atoms with Gasteiger partial charge in [-0.25, -0.2) is 0 Å². The van der Waals surface area contributed by atoms with Crippen molar-refractivity contribution < 1.29 is 0 Å². The van der Waals surface area contributed by atoms with Crippen molar-refractivity contribution in [2.45, 2.75) is 38.1 Å². The summed E-state index contributed by atoms with van der Waals surface area (Å²) in [5, 5.41) is 9.59. The molecule has 1 saturated carbocycles. The number of hydrogen-bond donors (Lipinski definition) is 0. The average molecular weight is 223 g/mol. The van der Waals surface area contributed by atoms with Crippen LogP contribution in [0, 0.1) is 17.4 Å². The highest BCUT2D eigenvalue weighted by Crippen LogP contribution is 2.37. The van der Waals surface area contributed by atoms with E-state index in [2.05, 4.69) is 9.89 Å². The van der Waals surface area contributed by atoms with Crippen molar-refractivity contribution in [3.63, 3.8) is 0 Å². The predicted molar refractivity (Wildman–Crippen MR) is 63.6 cm³/mol. The van der Waals surface area contributed by atoms with Crippen LogP contribution in [0.4, 0.5) is 0 Å². The predicted octanol–water partition coefficient (Wildman–Crippen LogP) is 2.45. The fourth-order valence-electron chi connectivity index (χ4n) is 2.96. The average Bonchev–Trinajstić information content (AvgIpc) is 2.73. The monoisotopic (exact) mass is 223 g/mol. The van der Waals surface area contributed by atoms with Crippen LogP contribution >= 0.6 is 11.8 Å². The number of nitriles is 1. The Balaban J connectivity index is 2.13. The fraction of sp³-hybridized carbons (Fsp3) is 0.818. The minimum Gasteiger partial charge on any atom is -0.347 e. The molecule has 0 aromatic carbocycles. The second-order valence-electron chi connectivity index (χ2n) is 4.29. The highest BCUT2D eigenvalue weighted by Gasteiger charge is 2.36. The lowest BCUT2D eigenvalue weighted by atomic mass is 9.92. The number of aliphatic imine (C=N–C) groups is 1. The third kappa shape index (κ3) is 2.12. The van der Waals surface area contributed by atoms with Crippen LogP contribution in [0.1, 0.15) is 32.1 Å². The highest BCUT2D eigenvalue weighted by molar-refractivity contribution is 8.13. The summed E-state index contributed by atoms with van der Waals surface area (Å²) in [4.78, 5) is 6.31. The summed E-state index contributed by atoms with van der Waals surface area (Å²) < 4.78 is 0. The van der Waals surface area contributed by atoms with Gasteiger partial charge in [-0.15, -0.1) is 4.99 Å². The van der Waals surface area contributed by atoms with Crippen molar-refractivity contribution >= 4 is 16.9 Å². The van der Waals surface area contributed by atoms with Crippen LogP contribution in [0.2, 0.25) is 0 Å². The molecule has 2 aliphatic rings. The summed E-state index contributed by atoms with van der Waals surface area (Å²) in [7, 11) is 0. The molecule has 0 spiro atoms. The minimum absolute atomic E-state index is 0.665. The SMILES string of the molecule is CSC(=NC#N)N1CCCC2CCCC21. The maximum atomic E-state index is 8.66. The number of rotatable bonds is 0. The Morgan fingerprint density at radius 2 is 2.20 bits per heavy atom. The lowest BCUT2D eigenvalue weighted by molar-refractivity contribution is 0.195. The zero-order valence-electron chi connectivity index (χ0n) is 9.15. The number of thioether (sulfide) groups is 1. The zero-order valence-corrected chi connectivity index (χ0v) is 9.96. The third-order valence-electron chi connectivity index (χ3n) is 3.57. The molecule has 1 heterocycles. The van der Waals surface area contributed by atoms with Crippen LogP contribution in [0.25, 0.3) is 0 Å². The molecule has 0 bridgehead atoms. The van der Waals surface area contributed by atoms with E-state index in [0.717, 1.165) is 17.6 Å². The molecule has 0 N–H and O–H groups in total. The quantitative estimate of drug-likeness (QED) is 0.360. The summed E-state index contributed by atoms with van der Waals surface area (Å²) in [5.74, 6) is 0.856. The molecule has 15 heavy (non-hydrogen) atoms. The van der Waals surface area contributed by atoms with E-state index in [4.69, 9.17) is 5.26 Å². The Morgan fingerprint density at radius 3 is 2.93 bits per heavy atom. The summed E-state index contributed by atoms with van der Waals surface area (Å²) in [6.07, 6.45) is 10.6. The molecule has 0 aromatic rings. The Kier molecular flexibility index (Phi) is 3.53. The van der Waals surface area contributed by atoms with Gasteiger partial charge in [0, 0.05) is 12.6 Å². The van der Waals surface area contributed by atoms with Gasteiger partial charge in [0.1, 0.15) is 0 Å². The first kappa shape index (κ1) is 10.8. The van der Waals surface area contributed by atoms with Crippen LogP contribution in [0.3, 0.4) is 0 Å². The van der Waals surface area contributed by atoms with Gasteiger partial charge in [-0.05, 0) is 37.9 Å². The van der Waals surface area contributed by atoms with E-state index >= 15 is 0 Å². The lowest BCUT2D eigenvalue weighted by Gasteiger charge is -2.38. The second-order valence-corrected chi connectivity index (χ2v) is 5.07. The summed E-state index contributed by atoms with van der Waals surface area (Å²) >= 11 is 1.60. The molecule has 2 atom stereocenters. The number of amidine groups is 1. The Labute approximate surface area is 95.5 Å². The van der Waals surface area contributed by atoms with Crippen molar-refractivity contribution in [2.75, 3.05) is 12.8 Å². The van der Waals surface area contributed by atoms with Gasteiger partial charge < -0.3 is 4.90 Å². The van der Waals surface area contributed by atoms with Crippen LogP contribution in [0.15, 0.2) is 4.99 Å². The van der Waals surface area contributed by atoms with Crippen molar-refractivity contribution in [1.82, 2.24) is 4.90 Å². The molecule has 82 valence electrons. The van der Waals surface area contributed by atoms with E-state index in [0.29, 0.717) is 6.04 Å². The minimum atomic E-state index is 0.665. The molecular weight excluding hydrogens is 206 g/mol. The molecule has 4 heteroatoms. The van der Waals surface area contributed by atoms with Gasteiger partial charge in [-0.3, -0.25) is 0 Å². The van der Waals surface area contributed by atoms with Crippen molar-refractivity contribution in [3.05, 3.63) is 0 Å². The Bertz CT molecular complexity index is 295. The van der Waals surface area contributed by atoms with Gasteiger partial charge in [0.05, 0.1) is 0 Å². The molecule has 2 fully saturated rings. The van der Waals surface area contributed by atoms with Gasteiger partial charge in [-0.1, -0.05) is 18.2 Å². The van der Waals surface area contributed by atoms with Crippen LogP contribution < -0.4 is 0 Å². The third-order valence-corrected chi connectivity index (χ3v) is 4.26. The molecule has 3 nitrogen and oxygen atoms in total. The van der Waals surface area contributed by atoms with Crippen molar-refractivity contribution in [3.8, 4) is 6.19 Å². The number of fused-ring (bicyclic) bond motifs is 1. The fourth-order valence-corrected chi connectivity index (χ4v) is 3.55. The van der Waals surface area contributed by atoms with E-state index in [9.17, 15) is 0 Å². The first-order chi connectivity index (χ1) is 7.36.